The summed E-state index contributed by atoms with van der Waals surface area (Å²) in [6.45, 7) is 1.10. The zero-order valence-electron chi connectivity index (χ0n) is 21.3. The van der Waals surface area contributed by atoms with Gasteiger partial charge in [0, 0.05) is 25.0 Å². The first-order valence-electron chi connectivity index (χ1n) is 12.9. The molecule has 5 aromatic rings. The first-order chi connectivity index (χ1) is 19.3. The number of likely N-dealkylation sites (tertiary alicyclic amines) is 1. The number of piperidine rings is 1. The van der Waals surface area contributed by atoms with Gasteiger partial charge in [0.25, 0.3) is 5.91 Å². The minimum absolute atomic E-state index is 0.000986. The van der Waals surface area contributed by atoms with Crippen LogP contribution in [0, 0.1) is 0 Å². The van der Waals surface area contributed by atoms with Crippen molar-refractivity contribution in [1.82, 2.24) is 23.8 Å². The highest BCUT2D eigenvalue weighted by molar-refractivity contribution is 5.93. The number of hydrogen-bond donors (Lipinski definition) is 1. The van der Waals surface area contributed by atoms with Gasteiger partial charge in [0.1, 0.15) is 23.6 Å². The summed E-state index contributed by atoms with van der Waals surface area (Å²) in [7, 11) is 0. The summed E-state index contributed by atoms with van der Waals surface area (Å²) in [6, 6.07) is 19.0. The van der Waals surface area contributed by atoms with Gasteiger partial charge in [-0.15, -0.1) is 0 Å². The summed E-state index contributed by atoms with van der Waals surface area (Å²) >= 11 is 0. The van der Waals surface area contributed by atoms with Crippen molar-refractivity contribution in [3.05, 3.63) is 96.2 Å². The van der Waals surface area contributed by atoms with Crippen molar-refractivity contribution in [3.63, 3.8) is 0 Å². The van der Waals surface area contributed by atoms with Crippen LogP contribution < -0.4 is 5.32 Å². The Balaban J connectivity index is 1.05. The molecule has 1 aliphatic heterocycles. The summed E-state index contributed by atoms with van der Waals surface area (Å²) in [5.41, 5.74) is 2.73. The van der Waals surface area contributed by atoms with Gasteiger partial charge in [-0.25, -0.2) is 9.97 Å². The van der Waals surface area contributed by atoms with Crippen LogP contribution in [0.1, 0.15) is 40.5 Å². The molecule has 3 aromatic heterocycles. The maximum atomic E-state index is 13.3. The fraction of sp³-hybridized carbons (Fsp3) is 0.241. The number of rotatable bonds is 5. The van der Waals surface area contributed by atoms with Crippen LogP contribution in [0.15, 0.2) is 79.3 Å². The number of pyridine rings is 1. The highest BCUT2D eigenvalue weighted by Crippen LogP contribution is 2.31. The normalized spacial score (nSPS) is 14.6. The van der Waals surface area contributed by atoms with E-state index in [1.165, 1.54) is 12.1 Å². The molecule has 1 aliphatic rings. The van der Waals surface area contributed by atoms with Crippen molar-refractivity contribution >= 4 is 34.2 Å². The lowest BCUT2D eigenvalue weighted by Crippen LogP contribution is -2.38. The molecule has 1 N–H and O–H groups in total. The summed E-state index contributed by atoms with van der Waals surface area (Å²) < 4.78 is 42.7. The summed E-state index contributed by atoms with van der Waals surface area (Å²) in [5, 5.41) is 2.92. The SMILES string of the molecule is O=C(Cn1cnc2ccccc21)Nc1ccc(C2CCN(C(=O)c3cn4c(C(F)(F)F)cccc4n3)CC2)cc1. The molecule has 8 nitrogen and oxygen atoms in total. The molecule has 0 radical (unpaired) electrons. The Kier molecular flexibility index (Phi) is 6.49. The van der Waals surface area contributed by atoms with Crippen LogP contribution in [0.25, 0.3) is 16.7 Å². The highest BCUT2D eigenvalue weighted by atomic mass is 19.4. The topological polar surface area (TPSA) is 84.5 Å². The molecule has 1 fully saturated rings. The molecule has 0 saturated carbocycles. The number of benzene rings is 2. The number of carbonyl (C=O) groups excluding carboxylic acids is 2. The molecule has 0 bridgehead atoms. The summed E-state index contributed by atoms with van der Waals surface area (Å²) in [4.78, 5) is 35.7. The molecule has 6 rings (SSSR count). The fourth-order valence-electron chi connectivity index (χ4n) is 5.25. The number of amides is 2. The van der Waals surface area contributed by atoms with E-state index in [4.69, 9.17) is 0 Å². The van der Waals surface area contributed by atoms with E-state index < -0.39 is 11.9 Å². The molecule has 204 valence electrons. The van der Waals surface area contributed by atoms with Crippen LogP contribution >= 0.6 is 0 Å². The largest absolute Gasteiger partial charge is 0.431 e. The molecule has 1 saturated heterocycles. The summed E-state index contributed by atoms with van der Waals surface area (Å²) in [5.74, 6) is -0.306. The second-order valence-corrected chi connectivity index (χ2v) is 9.86. The fourth-order valence-corrected chi connectivity index (χ4v) is 5.25. The number of aromatic nitrogens is 4. The smallest absolute Gasteiger partial charge is 0.337 e. The van der Waals surface area contributed by atoms with Crippen LogP contribution in [-0.2, 0) is 17.5 Å². The Bertz CT molecular complexity index is 1700. The number of nitrogens with zero attached hydrogens (tertiary/aromatic N) is 5. The average Bonchev–Trinajstić information content (AvgIpc) is 3.57. The number of anilines is 1. The molecule has 0 unspecified atom stereocenters. The van der Waals surface area contributed by atoms with Crippen LogP contribution in [0.4, 0.5) is 18.9 Å². The minimum Gasteiger partial charge on any atom is -0.337 e. The van der Waals surface area contributed by atoms with E-state index >= 15 is 0 Å². The Morgan fingerprint density at radius 2 is 1.70 bits per heavy atom. The first-order valence-corrected chi connectivity index (χ1v) is 12.9. The van der Waals surface area contributed by atoms with Crippen molar-refractivity contribution in [3.8, 4) is 0 Å². The van der Waals surface area contributed by atoms with Crippen molar-refractivity contribution in [2.75, 3.05) is 18.4 Å². The number of para-hydroxylation sites is 2. The van der Waals surface area contributed by atoms with Crippen LogP contribution in [-0.4, -0.2) is 48.7 Å². The molecule has 2 aromatic carbocycles. The number of nitrogens with one attached hydrogen (secondary N) is 1. The highest BCUT2D eigenvalue weighted by Gasteiger charge is 2.34. The van der Waals surface area contributed by atoms with Gasteiger partial charge in [-0.2, -0.15) is 13.2 Å². The van der Waals surface area contributed by atoms with Gasteiger partial charge in [0.2, 0.25) is 5.91 Å². The van der Waals surface area contributed by atoms with E-state index in [9.17, 15) is 22.8 Å². The monoisotopic (exact) mass is 546 g/mol. The number of fused-ring (bicyclic) bond motifs is 2. The van der Waals surface area contributed by atoms with Crippen molar-refractivity contribution in [2.24, 2.45) is 0 Å². The van der Waals surface area contributed by atoms with Gasteiger partial charge >= 0.3 is 6.18 Å². The van der Waals surface area contributed by atoms with E-state index in [-0.39, 0.29) is 35.6 Å². The van der Waals surface area contributed by atoms with Gasteiger partial charge in [-0.1, -0.05) is 30.3 Å². The van der Waals surface area contributed by atoms with Crippen molar-refractivity contribution in [2.45, 2.75) is 31.5 Å². The first kappa shape index (κ1) is 25.6. The summed E-state index contributed by atoms with van der Waals surface area (Å²) in [6.07, 6.45) is -0.307. The van der Waals surface area contributed by atoms with E-state index in [0.29, 0.717) is 31.6 Å². The van der Waals surface area contributed by atoms with Gasteiger partial charge in [-0.3, -0.25) is 14.0 Å². The van der Waals surface area contributed by atoms with E-state index in [2.05, 4.69) is 15.3 Å². The predicted octanol–water partition coefficient (Wildman–Crippen LogP) is 5.36. The molecular formula is C29H25F3N6O2. The number of hydrogen-bond acceptors (Lipinski definition) is 4. The lowest BCUT2D eigenvalue weighted by molar-refractivity contribution is -0.142. The second-order valence-electron chi connectivity index (χ2n) is 9.86. The third-order valence-corrected chi connectivity index (χ3v) is 7.29. The molecule has 40 heavy (non-hydrogen) atoms. The number of carbonyl (C=O) groups is 2. The number of imidazole rings is 2. The number of halogens is 3. The molecule has 0 atom stereocenters. The van der Waals surface area contributed by atoms with Crippen LogP contribution in [0.2, 0.25) is 0 Å². The standard InChI is InChI=1S/C29H25F3N6O2/c30-29(31,32)25-6-3-7-26-35-23(16-38(25)26)28(40)36-14-12-20(13-15-36)19-8-10-21(11-9-19)34-27(39)17-37-18-33-22-4-1-2-5-24(22)37/h1-11,16,18,20H,12-15,17H2,(H,34,39). The quantitative estimate of drug-likeness (QED) is 0.322. The molecule has 0 aliphatic carbocycles. The van der Waals surface area contributed by atoms with Crippen molar-refractivity contribution < 1.29 is 22.8 Å². The van der Waals surface area contributed by atoms with Gasteiger partial charge in [-0.05, 0) is 60.7 Å². The number of alkyl halides is 3. The molecule has 2 amide bonds. The Labute approximate surface area is 227 Å². The zero-order chi connectivity index (χ0) is 27.9. The molecule has 11 heteroatoms. The van der Waals surface area contributed by atoms with Crippen LogP contribution in [0.5, 0.6) is 0 Å². The van der Waals surface area contributed by atoms with E-state index in [1.807, 2.05) is 48.5 Å². The minimum atomic E-state index is -4.55. The lowest BCUT2D eigenvalue weighted by Gasteiger charge is -2.32. The average molecular weight is 547 g/mol. The van der Waals surface area contributed by atoms with Crippen LogP contribution in [0.3, 0.4) is 0 Å². The molecular weight excluding hydrogens is 521 g/mol. The molecule has 0 spiro atoms. The van der Waals surface area contributed by atoms with Gasteiger partial charge < -0.3 is 14.8 Å². The van der Waals surface area contributed by atoms with E-state index in [1.54, 1.807) is 15.8 Å². The molecule has 4 heterocycles. The predicted molar refractivity (Wildman–Crippen MR) is 143 cm³/mol. The third-order valence-electron chi connectivity index (χ3n) is 7.29. The van der Waals surface area contributed by atoms with E-state index in [0.717, 1.165) is 33.3 Å². The second kappa shape index (κ2) is 10.1. The Hall–Kier alpha value is -4.67. The van der Waals surface area contributed by atoms with Crippen molar-refractivity contribution in [1.29, 1.82) is 0 Å². The maximum Gasteiger partial charge on any atom is 0.431 e. The lowest BCUT2D eigenvalue weighted by atomic mass is 9.89. The van der Waals surface area contributed by atoms with Gasteiger partial charge in [0.15, 0.2) is 0 Å². The van der Waals surface area contributed by atoms with Gasteiger partial charge in [0.05, 0.1) is 17.4 Å². The Morgan fingerprint density at radius 3 is 2.45 bits per heavy atom. The maximum absolute atomic E-state index is 13.3. The Morgan fingerprint density at radius 1 is 0.950 bits per heavy atom. The third kappa shape index (κ3) is 5.02. The zero-order valence-corrected chi connectivity index (χ0v) is 21.3.